The third-order valence-electron chi connectivity index (χ3n) is 15.2. The zero-order chi connectivity index (χ0) is 51.9. The van der Waals surface area contributed by atoms with Crippen molar-refractivity contribution >= 4 is 70.5 Å². The fraction of sp³-hybridized carbons (Fsp3) is 0.667. The Balaban J connectivity index is 1.11. The van der Waals surface area contributed by atoms with Gasteiger partial charge in [0.05, 0.1) is 35.8 Å². The van der Waals surface area contributed by atoms with E-state index >= 15 is 0 Å². The van der Waals surface area contributed by atoms with E-state index in [1.165, 1.54) is 40.7 Å². The Morgan fingerprint density at radius 1 is 1.11 bits per heavy atom. The van der Waals surface area contributed by atoms with Crippen LogP contribution in [0.2, 0.25) is 5.02 Å². The maximum atomic E-state index is 14.5. The minimum absolute atomic E-state index is 0.0132. The topological polar surface area (TPSA) is 240 Å². The summed E-state index contributed by atoms with van der Waals surface area (Å²) < 4.78 is 23.5. The molecule has 4 bridgehead atoms. The monoisotopic (exact) mass is 1030 g/mol. The number of anilines is 1. The molecule has 6 amide bonds. The van der Waals surface area contributed by atoms with Gasteiger partial charge in [-0.3, -0.25) is 39.0 Å². The highest BCUT2D eigenvalue weighted by Gasteiger charge is 2.63. The largest absolute Gasteiger partial charge is 0.495 e. The number of likely N-dealkylation sites (tertiary alicyclic amines) is 1. The van der Waals surface area contributed by atoms with Crippen molar-refractivity contribution in [2.24, 2.45) is 29.4 Å². The van der Waals surface area contributed by atoms with Gasteiger partial charge in [-0.25, -0.2) is 4.79 Å². The lowest BCUT2D eigenvalue weighted by molar-refractivity contribution is -0.142. The number of carbonyl (C=O) groups is 7. The summed E-state index contributed by atoms with van der Waals surface area (Å²) in [6, 6.07) is 2.78. The number of fused-ring (bicyclic) bond motifs is 5. The standard InChI is InChI=1S/C51H73ClN6O12S/c1-29-11-9-12-41(68-8)51(66)27-39(69-49(65)55-51)30(2)46-50(4,70-46)35(25-43(61)57(6)36-22-33(21-29)23-38(67-7)45(36)52)24-37(59)31(3)56(5)47(63)34-15-13-32(14-16-34)28-54-42(60)17-19-58-44(62)26-40(48(58)64)71-20-10-18-53/h9,11-12,22-23,30-32,34-35,39-41,46,66H,10,13-21,24-28,53H2,1-8H3,(H,54,60)(H,55,65)/b12-9+,29-11+/t30-,31-,32-,34-,35+,39+,40?,41-,46+,50+,51+/m1/s1. The van der Waals surface area contributed by atoms with Crippen LogP contribution in [0.15, 0.2) is 35.9 Å². The van der Waals surface area contributed by atoms with Crippen LogP contribution >= 0.6 is 23.4 Å². The Hall–Kier alpha value is -4.53. The lowest BCUT2D eigenvalue weighted by atomic mass is 9.77. The number of rotatable bonds is 16. The summed E-state index contributed by atoms with van der Waals surface area (Å²) in [5, 5.41) is 17.2. The van der Waals surface area contributed by atoms with Crippen molar-refractivity contribution in [2.75, 3.05) is 58.6 Å². The van der Waals surface area contributed by atoms with Gasteiger partial charge in [-0.1, -0.05) is 42.3 Å². The molecule has 4 heterocycles. The predicted molar refractivity (Wildman–Crippen MR) is 269 cm³/mol. The molecule has 71 heavy (non-hydrogen) atoms. The number of likely N-dealkylation sites (N-methyl/N-ethyl adjacent to an activating group) is 1. The highest BCUT2D eigenvalue weighted by molar-refractivity contribution is 8.00. The molecule has 20 heteroatoms. The average Bonchev–Trinajstić information content (AvgIpc) is 3.96. The Morgan fingerprint density at radius 3 is 2.51 bits per heavy atom. The Kier molecular flexibility index (Phi) is 18.9. The van der Waals surface area contributed by atoms with E-state index in [1.807, 2.05) is 32.9 Å². The number of nitrogens with one attached hydrogen (secondary N) is 2. The van der Waals surface area contributed by atoms with Crippen molar-refractivity contribution in [1.82, 2.24) is 20.4 Å². The zero-order valence-electron chi connectivity index (χ0n) is 42.3. The molecule has 4 fully saturated rings. The first kappa shape index (κ1) is 55.8. The number of nitrogens with zero attached hydrogens (tertiary/aromatic N) is 3. The molecular weight excluding hydrogens is 956 g/mol. The quantitative estimate of drug-likeness (QED) is 0.0998. The van der Waals surface area contributed by atoms with Crippen LogP contribution in [0.5, 0.6) is 5.75 Å². The van der Waals surface area contributed by atoms with Gasteiger partial charge in [-0.15, -0.1) is 11.8 Å². The van der Waals surface area contributed by atoms with Gasteiger partial charge in [0.25, 0.3) is 0 Å². The van der Waals surface area contributed by atoms with Crippen LogP contribution in [0.1, 0.15) is 97.5 Å². The molecule has 1 unspecified atom stereocenters. The van der Waals surface area contributed by atoms with E-state index in [4.69, 9.17) is 36.3 Å². The van der Waals surface area contributed by atoms with E-state index in [1.54, 1.807) is 39.2 Å². The number of benzene rings is 1. The van der Waals surface area contributed by atoms with Crippen molar-refractivity contribution in [2.45, 2.75) is 139 Å². The minimum Gasteiger partial charge on any atom is -0.495 e. The average molecular weight is 1030 g/mol. The summed E-state index contributed by atoms with van der Waals surface area (Å²) >= 11 is 8.29. The summed E-state index contributed by atoms with van der Waals surface area (Å²) in [6.45, 7) is 8.25. The number of aliphatic hydroxyl groups is 1. The highest BCUT2D eigenvalue weighted by Crippen LogP contribution is 2.52. The van der Waals surface area contributed by atoms with Crippen molar-refractivity contribution < 1.29 is 57.6 Å². The Labute approximate surface area is 426 Å². The lowest BCUT2D eigenvalue weighted by Gasteiger charge is -2.42. The summed E-state index contributed by atoms with van der Waals surface area (Å²) in [6.07, 6.45) is 5.66. The number of hydrogen-bond donors (Lipinski definition) is 4. The molecule has 1 aliphatic carbocycles. The molecule has 392 valence electrons. The number of methoxy groups -OCH3 is 2. The number of carbonyl (C=O) groups excluding carboxylic acids is 7. The lowest BCUT2D eigenvalue weighted by Crippen LogP contribution is -2.63. The maximum Gasteiger partial charge on any atom is 0.409 e. The normalized spacial score (nSPS) is 31.9. The van der Waals surface area contributed by atoms with E-state index in [0.717, 1.165) is 17.6 Å². The number of ether oxygens (including phenoxy) is 4. The molecule has 5 N–H and O–H groups in total. The van der Waals surface area contributed by atoms with E-state index in [2.05, 4.69) is 10.6 Å². The number of epoxide rings is 1. The number of nitrogens with two attached hydrogens (primary N) is 1. The second-order valence-corrected chi connectivity index (χ2v) is 21.8. The molecule has 5 aliphatic rings. The van der Waals surface area contributed by atoms with E-state index in [9.17, 15) is 38.7 Å². The van der Waals surface area contributed by atoms with Gasteiger partial charge < -0.3 is 44.9 Å². The van der Waals surface area contributed by atoms with Gasteiger partial charge in [-0.05, 0) is 95.2 Å². The van der Waals surface area contributed by atoms with Gasteiger partial charge in [0, 0.05) is 84.2 Å². The zero-order valence-corrected chi connectivity index (χ0v) is 43.9. The fourth-order valence-electron chi connectivity index (χ4n) is 10.5. The fourth-order valence-corrected chi connectivity index (χ4v) is 11.9. The van der Waals surface area contributed by atoms with Crippen LogP contribution in [0.25, 0.3) is 0 Å². The Bertz CT molecular complexity index is 2240. The van der Waals surface area contributed by atoms with Crippen LogP contribution in [0.3, 0.4) is 0 Å². The van der Waals surface area contributed by atoms with Gasteiger partial charge >= 0.3 is 6.09 Å². The molecular formula is C51H73ClN6O12S. The number of thioether (sulfide) groups is 1. The molecule has 3 saturated heterocycles. The highest BCUT2D eigenvalue weighted by atomic mass is 35.5. The van der Waals surface area contributed by atoms with E-state index < -0.39 is 58.9 Å². The first-order chi connectivity index (χ1) is 33.6. The van der Waals surface area contributed by atoms with Crippen molar-refractivity contribution in [3.8, 4) is 5.75 Å². The molecule has 4 aliphatic heterocycles. The molecule has 0 aromatic heterocycles. The van der Waals surface area contributed by atoms with Crippen molar-refractivity contribution in [1.29, 1.82) is 0 Å². The second kappa shape index (κ2) is 24.0. The number of allylic oxidation sites excluding steroid dienone is 3. The van der Waals surface area contributed by atoms with E-state index in [0.29, 0.717) is 62.4 Å². The molecule has 9 atom stereocenters. The van der Waals surface area contributed by atoms with E-state index in [-0.39, 0.29) is 90.8 Å². The molecule has 1 saturated carbocycles. The number of hydrogen-bond acceptors (Lipinski definition) is 14. The maximum absolute atomic E-state index is 14.5. The number of imide groups is 1. The molecule has 6 rings (SSSR count). The molecule has 1 aromatic carbocycles. The first-order valence-corrected chi connectivity index (χ1v) is 26.2. The molecule has 0 radical (unpaired) electrons. The van der Waals surface area contributed by atoms with Gasteiger partial charge in [-0.2, -0.15) is 0 Å². The summed E-state index contributed by atoms with van der Waals surface area (Å²) in [4.78, 5) is 98.1. The van der Waals surface area contributed by atoms with Crippen LogP contribution in [0.4, 0.5) is 10.5 Å². The molecule has 18 nitrogen and oxygen atoms in total. The SMILES string of the molecule is COc1cc2cc(c1Cl)N(C)C(=O)C[C@H](CC(=O)[C@@H](C)N(C)C(=O)[C@H]1CC[C@H](CNC(=O)CCN3C(=O)CC(SCCCN)C3=O)CC1)[C@]1(C)O[C@H]1[C@H](C)[C@@H]1C[C@@](O)(NC(=O)O1)[C@H](OC)/C=C/C=C(\C)C2. The van der Waals surface area contributed by atoms with Crippen LogP contribution < -0.4 is 26.0 Å². The smallest absolute Gasteiger partial charge is 0.409 e. The molecule has 1 aromatic rings. The van der Waals surface area contributed by atoms with Crippen LogP contribution in [-0.2, 0) is 49.4 Å². The van der Waals surface area contributed by atoms with Gasteiger partial charge in [0.1, 0.15) is 23.0 Å². The summed E-state index contributed by atoms with van der Waals surface area (Å²) in [5.74, 6) is -1.85. The Morgan fingerprint density at radius 2 is 1.83 bits per heavy atom. The number of halogens is 1. The molecule has 0 spiro atoms. The first-order valence-electron chi connectivity index (χ1n) is 24.7. The van der Waals surface area contributed by atoms with Crippen LogP contribution in [0, 0.1) is 23.7 Å². The van der Waals surface area contributed by atoms with Crippen LogP contribution in [-0.4, -0.2) is 151 Å². The van der Waals surface area contributed by atoms with Crippen molar-refractivity contribution in [3.05, 3.63) is 46.5 Å². The summed E-state index contributed by atoms with van der Waals surface area (Å²) in [5.41, 5.74) is 4.82. The third kappa shape index (κ3) is 13.2. The van der Waals surface area contributed by atoms with Gasteiger partial charge in [0.2, 0.25) is 29.5 Å². The minimum atomic E-state index is -1.83. The number of alkyl carbamates (subject to hydrolysis) is 1. The number of amides is 6. The number of ketones is 1. The summed E-state index contributed by atoms with van der Waals surface area (Å²) in [7, 11) is 6.18. The predicted octanol–water partition coefficient (Wildman–Crippen LogP) is 4.70. The van der Waals surface area contributed by atoms with Crippen molar-refractivity contribution in [3.63, 3.8) is 0 Å². The second-order valence-electron chi connectivity index (χ2n) is 20.2. The number of Topliss-reactive ketones (excluding diaryl/α,β-unsaturated/α-hetero) is 1. The van der Waals surface area contributed by atoms with Gasteiger partial charge in [0.15, 0.2) is 11.5 Å². The third-order valence-corrected chi connectivity index (χ3v) is 16.9.